The van der Waals surface area contributed by atoms with Crippen LogP contribution >= 0.6 is 0 Å². The number of hydrogen-bond acceptors (Lipinski definition) is 10. The van der Waals surface area contributed by atoms with Crippen LogP contribution in [0.4, 0.5) is 21.5 Å². The molecule has 370 valence electrons. The molecule has 5 N–H and O–H groups in total. The summed E-state index contributed by atoms with van der Waals surface area (Å²) in [6.45, 7) is 12.3. The summed E-state index contributed by atoms with van der Waals surface area (Å²) >= 11 is 0. The Morgan fingerprint density at radius 1 is 0.757 bits per heavy atom. The maximum absolute atomic E-state index is 13.3. The molecule has 1 saturated heterocycles. The minimum absolute atomic E-state index is 0.0163. The first-order valence-electron chi connectivity index (χ1n) is 24.2. The normalized spacial score (nSPS) is 14.8. The Bertz CT molecular complexity index is 2630. The van der Waals surface area contributed by atoms with Crippen molar-refractivity contribution in [2.24, 2.45) is 10.8 Å². The zero-order chi connectivity index (χ0) is 49.8. The number of benzene rings is 4. The van der Waals surface area contributed by atoms with E-state index in [2.05, 4.69) is 65.6 Å². The van der Waals surface area contributed by atoms with Gasteiger partial charge in [-0.15, -0.1) is 0 Å². The van der Waals surface area contributed by atoms with E-state index in [1.54, 1.807) is 43.6 Å². The number of ether oxygens (including phenoxy) is 2. The van der Waals surface area contributed by atoms with Crippen LogP contribution in [0.3, 0.4) is 0 Å². The monoisotopic (exact) mass is 956 g/mol. The Kier molecular flexibility index (Phi) is 16.7. The molecule has 2 heterocycles. The quantitative estimate of drug-likeness (QED) is 0.0356. The average Bonchev–Trinajstić information content (AvgIpc) is 4.17. The molecule has 7 rings (SSSR count). The van der Waals surface area contributed by atoms with Crippen LogP contribution in [0.5, 0.6) is 17.2 Å². The topological polar surface area (TPSA) is 183 Å². The van der Waals surface area contributed by atoms with E-state index in [1.165, 1.54) is 24.3 Å². The van der Waals surface area contributed by atoms with Crippen molar-refractivity contribution in [2.45, 2.75) is 78.7 Å². The number of pyridine rings is 1. The maximum Gasteiger partial charge on any atom is 0.243 e. The number of fused-ring (bicyclic) bond motifs is 1. The Balaban J connectivity index is 0.842. The van der Waals surface area contributed by atoms with Gasteiger partial charge in [0.15, 0.2) is 0 Å². The molecule has 0 bridgehead atoms. The smallest absolute Gasteiger partial charge is 0.243 e. The lowest BCUT2D eigenvalue weighted by Crippen LogP contribution is -2.53. The first-order valence-corrected chi connectivity index (χ1v) is 24.2. The van der Waals surface area contributed by atoms with Crippen LogP contribution in [-0.2, 0) is 24.0 Å². The minimum atomic E-state index is -1.18. The largest absolute Gasteiger partial charge is 0.496 e. The van der Waals surface area contributed by atoms with Crippen molar-refractivity contribution < 1.29 is 37.8 Å². The van der Waals surface area contributed by atoms with E-state index in [0.717, 1.165) is 79.6 Å². The number of halogens is 1. The average molecular weight is 957 g/mol. The van der Waals surface area contributed by atoms with Crippen molar-refractivity contribution in [1.29, 1.82) is 0 Å². The van der Waals surface area contributed by atoms with Crippen molar-refractivity contribution in [3.05, 3.63) is 103 Å². The number of carbonyl (C=O) groups is 5. The lowest BCUT2D eigenvalue weighted by molar-refractivity contribution is -0.131. The van der Waals surface area contributed by atoms with E-state index in [1.807, 2.05) is 39.8 Å². The SMILES string of the molecule is CCNC(=O)[C@@H](NC(=O)CCCCCCNC(=O)CN1CCN(c2ccc(-c3cc4nccc(Oc5ccc(NC(=O)C6(C(=O)Nc7ccc(F)cc7)CC6)cc5)c4cc3OC)cc2)CC1)C(C)(C)C. The first kappa shape index (κ1) is 50.8. The Morgan fingerprint density at radius 3 is 2.01 bits per heavy atom. The van der Waals surface area contributed by atoms with Gasteiger partial charge in [-0.2, -0.15) is 0 Å². The Hall–Kier alpha value is -7.07. The summed E-state index contributed by atoms with van der Waals surface area (Å²) in [5.41, 5.74) is 3.04. The standard InChI is InChI=1S/C54H65FN8O7/c1-6-56-50(66)49(53(2,3)4)61-47(64)11-9-7-8-10-27-58-48(65)35-62-29-31-63(32-30-62)40-20-12-36(13-21-40)42-33-44-43(34-46(42)69-5)45(24-28-57-44)70-41-22-18-39(19-23-41)60-52(68)54(25-26-54)51(67)59-38-16-14-37(55)15-17-38/h12-24,28,33-34,49H,6-11,25-27,29-32,35H2,1-5H3,(H,56,66)(H,58,65)(H,59,67)(H,60,68)(H,61,64)/t49-/m1/s1. The number of rotatable bonds is 21. The molecule has 2 aliphatic rings. The zero-order valence-electron chi connectivity index (χ0n) is 40.8. The highest BCUT2D eigenvalue weighted by atomic mass is 19.1. The predicted molar refractivity (Wildman–Crippen MR) is 270 cm³/mol. The van der Waals surface area contributed by atoms with Gasteiger partial charge in [0.05, 0.1) is 19.2 Å². The predicted octanol–water partition coefficient (Wildman–Crippen LogP) is 8.05. The molecule has 15 nitrogen and oxygen atoms in total. The van der Waals surface area contributed by atoms with Gasteiger partial charge in [-0.1, -0.05) is 45.7 Å². The number of methoxy groups -OCH3 is 1. The summed E-state index contributed by atoms with van der Waals surface area (Å²) in [6.07, 6.45) is 6.24. The van der Waals surface area contributed by atoms with Crippen LogP contribution in [0, 0.1) is 16.6 Å². The van der Waals surface area contributed by atoms with Crippen LogP contribution in [0.25, 0.3) is 22.0 Å². The van der Waals surface area contributed by atoms with Gasteiger partial charge in [0.1, 0.15) is 34.5 Å². The van der Waals surface area contributed by atoms with Crippen LogP contribution in [0.15, 0.2) is 97.2 Å². The summed E-state index contributed by atoms with van der Waals surface area (Å²) in [7, 11) is 1.63. The summed E-state index contributed by atoms with van der Waals surface area (Å²) in [6, 6.07) is 25.8. The molecule has 5 aromatic rings. The van der Waals surface area contributed by atoms with E-state index < -0.39 is 29.1 Å². The number of nitrogens with one attached hydrogen (secondary N) is 5. The highest BCUT2D eigenvalue weighted by molar-refractivity contribution is 6.17. The number of amides is 5. The van der Waals surface area contributed by atoms with Crippen LogP contribution in [-0.4, -0.2) is 98.4 Å². The third-order valence-corrected chi connectivity index (χ3v) is 12.8. The molecule has 16 heteroatoms. The number of piperazine rings is 1. The zero-order valence-corrected chi connectivity index (χ0v) is 40.8. The molecule has 1 saturated carbocycles. The van der Waals surface area contributed by atoms with E-state index in [0.29, 0.717) is 67.5 Å². The molecule has 5 amide bonds. The molecule has 1 aliphatic heterocycles. The van der Waals surface area contributed by atoms with Gasteiger partial charge in [-0.05, 0) is 122 Å². The molecular formula is C54H65FN8O7. The van der Waals surface area contributed by atoms with Crippen molar-refractivity contribution in [2.75, 3.05) is 68.5 Å². The fraction of sp³-hybridized carbons (Fsp3) is 0.407. The Labute approximate surface area is 409 Å². The molecule has 1 aliphatic carbocycles. The van der Waals surface area contributed by atoms with E-state index >= 15 is 0 Å². The molecule has 4 aromatic carbocycles. The summed E-state index contributed by atoms with van der Waals surface area (Å²) in [4.78, 5) is 73.1. The number of aromatic nitrogens is 1. The molecular weight excluding hydrogens is 892 g/mol. The lowest BCUT2D eigenvalue weighted by Gasteiger charge is -2.35. The molecule has 1 atom stereocenters. The van der Waals surface area contributed by atoms with E-state index in [-0.39, 0.29) is 23.1 Å². The summed E-state index contributed by atoms with van der Waals surface area (Å²) in [5.74, 6) is 0.265. The number of hydrogen-bond donors (Lipinski definition) is 5. The van der Waals surface area contributed by atoms with Crippen molar-refractivity contribution in [3.8, 4) is 28.4 Å². The van der Waals surface area contributed by atoms with Gasteiger partial charge in [0.2, 0.25) is 29.5 Å². The second kappa shape index (κ2) is 23.0. The van der Waals surface area contributed by atoms with Crippen LogP contribution < -0.4 is 41.0 Å². The van der Waals surface area contributed by atoms with Gasteiger partial charge in [0, 0.05) is 79.9 Å². The van der Waals surface area contributed by atoms with Gasteiger partial charge in [-0.3, -0.25) is 33.9 Å². The molecule has 0 spiro atoms. The third-order valence-electron chi connectivity index (χ3n) is 12.8. The summed E-state index contributed by atoms with van der Waals surface area (Å²) in [5, 5.41) is 15.1. The van der Waals surface area contributed by atoms with Crippen molar-refractivity contribution >= 4 is 57.5 Å². The lowest BCUT2D eigenvalue weighted by atomic mass is 9.86. The second-order valence-electron chi connectivity index (χ2n) is 19.1. The van der Waals surface area contributed by atoms with Gasteiger partial charge in [0.25, 0.3) is 0 Å². The second-order valence-corrected chi connectivity index (χ2v) is 19.1. The minimum Gasteiger partial charge on any atom is -0.496 e. The van der Waals surface area contributed by atoms with Crippen LogP contribution in [0.1, 0.15) is 72.6 Å². The number of likely N-dealkylation sites (N-methyl/N-ethyl adjacent to an activating group) is 1. The first-order chi connectivity index (χ1) is 33.6. The third kappa shape index (κ3) is 13.2. The number of unbranched alkanes of at least 4 members (excludes halogenated alkanes) is 3. The molecule has 70 heavy (non-hydrogen) atoms. The van der Waals surface area contributed by atoms with Crippen molar-refractivity contribution in [3.63, 3.8) is 0 Å². The number of carbonyl (C=O) groups excluding carboxylic acids is 5. The maximum atomic E-state index is 13.3. The van der Waals surface area contributed by atoms with E-state index in [9.17, 15) is 28.4 Å². The fourth-order valence-corrected chi connectivity index (χ4v) is 8.53. The molecule has 1 aromatic heterocycles. The fourth-order valence-electron chi connectivity index (χ4n) is 8.53. The van der Waals surface area contributed by atoms with Gasteiger partial charge in [-0.25, -0.2) is 4.39 Å². The highest BCUT2D eigenvalue weighted by Gasteiger charge is 2.56. The number of anilines is 3. The molecule has 0 radical (unpaired) electrons. The number of nitrogens with zero attached hydrogens (tertiary/aromatic N) is 3. The summed E-state index contributed by atoms with van der Waals surface area (Å²) < 4.78 is 25.5. The Morgan fingerprint density at radius 2 is 1.40 bits per heavy atom. The molecule has 2 fully saturated rings. The molecule has 0 unspecified atom stereocenters. The van der Waals surface area contributed by atoms with E-state index in [4.69, 9.17) is 9.47 Å². The van der Waals surface area contributed by atoms with Gasteiger partial charge >= 0.3 is 0 Å². The van der Waals surface area contributed by atoms with Crippen molar-refractivity contribution in [1.82, 2.24) is 25.8 Å². The van der Waals surface area contributed by atoms with Crippen LogP contribution in [0.2, 0.25) is 0 Å². The highest BCUT2D eigenvalue weighted by Crippen LogP contribution is 2.48. The van der Waals surface area contributed by atoms with Gasteiger partial charge < -0.3 is 41.0 Å².